The highest BCUT2D eigenvalue weighted by atomic mass is 32.2. The molecule has 0 aromatic carbocycles. The van der Waals surface area contributed by atoms with E-state index in [9.17, 15) is 9.59 Å². The number of hydrogen-bond donors (Lipinski definition) is 3. The molecule has 1 saturated carbocycles. The van der Waals surface area contributed by atoms with E-state index in [2.05, 4.69) is 5.32 Å². The highest BCUT2D eigenvalue weighted by Crippen LogP contribution is 2.28. The van der Waals surface area contributed by atoms with Gasteiger partial charge in [0.05, 0.1) is 5.88 Å². The standard InChI is InChI=1S/C12H21N3O3S/c13-9-3-1-8(2-4-9)10(14-12(17)18)11(16)15-5-6-19-7-15/h8-10,14H,1-7,13H2,(H,17,18)/t8-,9-,10-/m0/s1. The van der Waals surface area contributed by atoms with Crippen molar-refractivity contribution in [1.82, 2.24) is 10.2 Å². The Bertz CT molecular complexity index is 339. The third-order valence-electron chi connectivity index (χ3n) is 3.90. The summed E-state index contributed by atoms with van der Waals surface area (Å²) in [6.07, 6.45) is 2.24. The smallest absolute Gasteiger partial charge is 0.405 e. The van der Waals surface area contributed by atoms with Crippen LogP contribution in [-0.2, 0) is 4.79 Å². The summed E-state index contributed by atoms with van der Waals surface area (Å²) in [4.78, 5) is 25.1. The van der Waals surface area contributed by atoms with Crippen molar-refractivity contribution < 1.29 is 14.7 Å². The molecule has 6 nitrogen and oxygen atoms in total. The van der Waals surface area contributed by atoms with Crippen molar-refractivity contribution in [3.63, 3.8) is 0 Å². The van der Waals surface area contributed by atoms with Crippen LogP contribution in [-0.4, -0.2) is 52.3 Å². The van der Waals surface area contributed by atoms with Crippen LogP contribution in [0.5, 0.6) is 0 Å². The first-order valence-corrected chi connectivity index (χ1v) is 7.85. The number of thioether (sulfide) groups is 1. The van der Waals surface area contributed by atoms with Crippen LogP contribution in [0.1, 0.15) is 25.7 Å². The number of nitrogens with one attached hydrogen (secondary N) is 1. The highest BCUT2D eigenvalue weighted by Gasteiger charge is 2.35. The average Bonchev–Trinajstić information content (AvgIpc) is 2.90. The average molecular weight is 287 g/mol. The number of hydrogen-bond acceptors (Lipinski definition) is 4. The summed E-state index contributed by atoms with van der Waals surface area (Å²) in [5.74, 6) is 1.60. The lowest BCUT2D eigenvalue weighted by atomic mass is 9.81. The second-order valence-electron chi connectivity index (χ2n) is 5.24. The van der Waals surface area contributed by atoms with E-state index in [1.165, 1.54) is 0 Å². The first-order chi connectivity index (χ1) is 9.08. The van der Waals surface area contributed by atoms with Gasteiger partial charge < -0.3 is 21.1 Å². The first-order valence-electron chi connectivity index (χ1n) is 6.69. The van der Waals surface area contributed by atoms with E-state index >= 15 is 0 Å². The number of amides is 2. The fourth-order valence-electron chi connectivity index (χ4n) is 2.78. The van der Waals surface area contributed by atoms with Crippen molar-refractivity contribution in [2.24, 2.45) is 11.7 Å². The molecule has 19 heavy (non-hydrogen) atoms. The monoisotopic (exact) mass is 287 g/mol. The molecule has 2 fully saturated rings. The van der Waals surface area contributed by atoms with E-state index in [0.29, 0.717) is 12.4 Å². The third kappa shape index (κ3) is 3.76. The molecule has 0 bridgehead atoms. The topological polar surface area (TPSA) is 95.7 Å². The van der Waals surface area contributed by atoms with Gasteiger partial charge in [0.1, 0.15) is 6.04 Å². The number of carbonyl (C=O) groups excluding carboxylic acids is 1. The lowest BCUT2D eigenvalue weighted by Crippen LogP contribution is -2.52. The SMILES string of the molecule is N[C@H]1CC[C@H]([C@H](NC(=O)O)C(=O)N2CCSC2)CC1. The summed E-state index contributed by atoms with van der Waals surface area (Å²) in [6, 6.07) is -0.414. The van der Waals surface area contributed by atoms with Crippen LogP contribution in [0, 0.1) is 5.92 Å². The number of nitrogens with two attached hydrogens (primary N) is 1. The molecular weight excluding hydrogens is 266 g/mol. The summed E-state index contributed by atoms with van der Waals surface area (Å²) in [5.41, 5.74) is 5.86. The molecule has 2 amide bonds. The van der Waals surface area contributed by atoms with Gasteiger partial charge >= 0.3 is 6.09 Å². The summed E-state index contributed by atoms with van der Waals surface area (Å²) >= 11 is 1.70. The Kier molecular flexibility index (Phi) is 4.93. The maximum absolute atomic E-state index is 12.4. The molecule has 0 aromatic rings. The lowest BCUT2D eigenvalue weighted by molar-refractivity contribution is -0.133. The van der Waals surface area contributed by atoms with Gasteiger partial charge in [0.2, 0.25) is 5.91 Å². The van der Waals surface area contributed by atoms with Gasteiger partial charge in [0.15, 0.2) is 0 Å². The fourth-order valence-corrected chi connectivity index (χ4v) is 3.73. The van der Waals surface area contributed by atoms with Gasteiger partial charge in [-0.25, -0.2) is 4.79 Å². The van der Waals surface area contributed by atoms with Crippen LogP contribution in [0.2, 0.25) is 0 Å². The molecule has 0 unspecified atom stereocenters. The molecular formula is C12H21N3O3S. The molecule has 108 valence electrons. The quantitative estimate of drug-likeness (QED) is 0.709. The Morgan fingerprint density at radius 3 is 2.53 bits per heavy atom. The number of carboxylic acid groups (broad SMARTS) is 1. The van der Waals surface area contributed by atoms with Gasteiger partial charge in [-0.2, -0.15) is 0 Å². The molecule has 2 rings (SSSR count). The van der Waals surface area contributed by atoms with Crippen molar-refractivity contribution in [2.75, 3.05) is 18.2 Å². The fraction of sp³-hybridized carbons (Fsp3) is 0.833. The largest absolute Gasteiger partial charge is 0.465 e. The zero-order valence-electron chi connectivity index (χ0n) is 10.9. The molecule has 1 heterocycles. The van der Waals surface area contributed by atoms with Crippen LogP contribution < -0.4 is 11.1 Å². The minimum Gasteiger partial charge on any atom is -0.465 e. The minimum absolute atomic E-state index is 0.0760. The molecule has 4 N–H and O–H groups in total. The Morgan fingerprint density at radius 2 is 2.00 bits per heavy atom. The first kappa shape index (κ1) is 14.5. The summed E-state index contributed by atoms with van der Waals surface area (Å²) in [7, 11) is 0. The molecule has 0 spiro atoms. The third-order valence-corrected chi connectivity index (χ3v) is 4.86. The highest BCUT2D eigenvalue weighted by molar-refractivity contribution is 7.99. The Morgan fingerprint density at radius 1 is 1.32 bits per heavy atom. The number of carbonyl (C=O) groups is 2. The van der Waals surface area contributed by atoms with E-state index in [4.69, 9.17) is 10.8 Å². The van der Waals surface area contributed by atoms with Crippen molar-refractivity contribution in [1.29, 1.82) is 0 Å². The van der Waals surface area contributed by atoms with E-state index in [-0.39, 0.29) is 17.9 Å². The Hall–Kier alpha value is -0.950. The molecule has 7 heteroatoms. The summed E-state index contributed by atoms with van der Waals surface area (Å²) < 4.78 is 0. The summed E-state index contributed by atoms with van der Waals surface area (Å²) in [6.45, 7) is 0.716. The van der Waals surface area contributed by atoms with Crippen molar-refractivity contribution in [3.8, 4) is 0 Å². The predicted molar refractivity (Wildman–Crippen MR) is 73.9 cm³/mol. The molecule has 2 aliphatic rings. The predicted octanol–water partition coefficient (Wildman–Crippen LogP) is 0.673. The molecule has 0 aromatic heterocycles. The van der Waals surface area contributed by atoms with Gasteiger partial charge in [-0.15, -0.1) is 11.8 Å². The molecule has 1 saturated heterocycles. The molecule has 1 aliphatic carbocycles. The van der Waals surface area contributed by atoms with E-state index < -0.39 is 12.1 Å². The molecule has 0 radical (unpaired) electrons. The Balaban J connectivity index is 2.01. The van der Waals surface area contributed by atoms with Crippen LogP contribution in [0.25, 0.3) is 0 Å². The minimum atomic E-state index is -1.12. The van der Waals surface area contributed by atoms with Gasteiger partial charge in [0, 0.05) is 18.3 Å². The number of nitrogens with zero attached hydrogens (tertiary/aromatic N) is 1. The zero-order chi connectivity index (χ0) is 13.8. The van der Waals surface area contributed by atoms with Crippen molar-refractivity contribution >= 4 is 23.8 Å². The van der Waals surface area contributed by atoms with Gasteiger partial charge in [-0.1, -0.05) is 0 Å². The van der Waals surface area contributed by atoms with Gasteiger partial charge in [0.25, 0.3) is 0 Å². The maximum atomic E-state index is 12.4. The normalized spacial score (nSPS) is 29.0. The van der Waals surface area contributed by atoms with Crippen LogP contribution >= 0.6 is 11.8 Å². The van der Waals surface area contributed by atoms with Crippen molar-refractivity contribution in [2.45, 2.75) is 37.8 Å². The van der Waals surface area contributed by atoms with E-state index in [1.807, 2.05) is 0 Å². The van der Waals surface area contributed by atoms with E-state index in [1.54, 1.807) is 16.7 Å². The molecule has 1 atom stereocenters. The number of rotatable bonds is 3. The maximum Gasteiger partial charge on any atom is 0.405 e. The Labute approximate surface area is 117 Å². The second kappa shape index (κ2) is 6.47. The van der Waals surface area contributed by atoms with Gasteiger partial charge in [-0.05, 0) is 31.6 Å². The van der Waals surface area contributed by atoms with Crippen molar-refractivity contribution in [3.05, 3.63) is 0 Å². The second-order valence-corrected chi connectivity index (χ2v) is 6.32. The van der Waals surface area contributed by atoms with Gasteiger partial charge in [-0.3, -0.25) is 4.79 Å². The zero-order valence-corrected chi connectivity index (χ0v) is 11.7. The lowest BCUT2D eigenvalue weighted by Gasteiger charge is -2.33. The summed E-state index contributed by atoms with van der Waals surface area (Å²) in [5, 5.41) is 11.4. The van der Waals surface area contributed by atoms with Crippen LogP contribution in [0.4, 0.5) is 4.79 Å². The molecule has 1 aliphatic heterocycles. The van der Waals surface area contributed by atoms with E-state index in [0.717, 1.165) is 31.4 Å². The van der Waals surface area contributed by atoms with Crippen LogP contribution in [0.15, 0.2) is 0 Å². The van der Waals surface area contributed by atoms with Crippen LogP contribution in [0.3, 0.4) is 0 Å².